The van der Waals surface area contributed by atoms with Gasteiger partial charge in [-0.2, -0.15) is 13.2 Å². The topological polar surface area (TPSA) is 64.1 Å². The summed E-state index contributed by atoms with van der Waals surface area (Å²) in [6.45, 7) is 4.28. The number of hydrogen-bond donors (Lipinski definition) is 2. The summed E-state index contributed by atoms with van der Waals surface area (Å²) < 4.78 is 56.3. The van der Waals surface area contributed by atoms with Crippen LogP contribution in [-0.2, 0) is 25.8 Å². The molecule has 1 aromatic rings. The second-order valence-corrected chi connectivity index (χ2v) is 8.03. The highest BCUT2D eigenvalue weighted by atomic mass is 19.4. The zero-order valence-corrected chi connectivity index (χ0v) is 18.0. The number of rotatable bonds is 8. The lowest BCUT2D eigenvalue weighted by Gasteiger charge is -2.38. The number of alkyl halides is 3. The van der Waals surface area contributed by atoms with Crippen LogP contribution in [0.3, 0.4) is 0 Å². The summed E-state index contributed by atoms with van der Waals surface area (Å²) in [5.74, 6) is 0.627. The minimum atomic E-state index is -4.36. The Morgan fingerprint density at radius 1 is 1.19 bits per heavy atom. The molecule has 174 valence electrons. The highest BCUT2D eigenvalue weighted by Crippen LogP contribution is 2.37. The summed E-state index contributed by atoms with van der Waals surface area (Å²) in [6.07, 6.45) is -1.11. The Bertz CT molecular complexity index is 715. The summed E-state index contributed by atoms with van der Waals surface area (Å²) in [6, 6.07) is 5.65. The van der Waals surface area contributed by atoms with Gasteiger partial charge in [-0.25, -0.2) is 0 Å². The molecule has 0 amide bonds. The van der Waals surface area contributed by atoms with Crippen LogP contribution in [0.4, 0.5) is 13.2 Å². The highest BCUT2D eigenvalue weighted by Gasteiger charge is 2.37. The predicted molar refractivity (Wildman–Crippen MR) is 112 cm³/mol. The molecule has 1 aromatic carbocycles. The first kappa shape index (κ1) is 23.8. The molecule has 0 saturated carbocycles. The van der Waals surface area contributed by atoms with E-state index < -0.39 is 17.2 Å². The summed E-state index contributed by atoms with van der Waals surface area (Å²) in [5.41, 5.74) is -0.380. The number of benzene rings is 1. The number of nitrogens with zero attached hydrogens (tertiary/aromatic N) is 1. The maximum atomic E-state index is 13.2. The quantitative estimate of drug-likeness (QED) is 0.367. The van der Waals surface area contributed by atoms with E-state index in [-0.39, 0.29) is 6.10 Å². The van der Waals surface area contributed by atoms with E-state index in [9.17, 15) is 13.2 Å². The maximum Gasteiger partial charge on any atom is 0.416 e. The lowest BCUT2D eigenvalue weighted by molar-refractivity contribution is -0.137. The number of halogens is 3. The van der Waals surface area contributed by atoms with Crippen LogP contribution in [0.25, 0.3) is 0 Å². The Hall–Kier alpha value is -1.84. The molecule has 0 radical (unpaired) electrons. The molecule has 2 heterocycles. The van der Waals surface area contributed by atoms with Crippen LogP contribution in [0.1, 0.15) is 36.8 Å². The second kappa shape index (κ2) is 11.2. The first-order chi connectivity index (χ1) is 14.9. The second-order valence-electron chi connectivity index (χ2n) is 8.03. The molecule has 0 aliphatic carbocycles. The van der Waals surface area contributed by atoms with E-state index in [1.54, 1.807) is 13.1 Å². The lowest BCUT2D eigenvalue weighted by atomic mass is 9.73. The highest BCUT2D eigenvalue weighted by molar-refractivity contribution is 5.79. The van der Waals surface area contributed by atoms with Crippen LogP contribution < -0.4 is 10.6 Å². The average Bonchev–Trinajstić information content (AvgIpc) is 3.29. The van der Waals surface area contributed by atoms with Crippen molar-refractivity contribution in [2.75, 3.05) is 53.2 Å². The minimum Gasteiger partial charge on any atom is -0.381 e. The molecule has 0 aromatic heterocycles. The van der Waals surface area contributed by atoms with Crippen molar-refractivity contribution in [3.05, 3.63) is 35.4 Å². The van der Waals surface area contributed by atoms with E-state index >= 15 is 0 Å². The van der Waals surface area contributed by atoms with Crippen molar-refractivity contribution < 1.29 is 27.4 Å². The van der Waals surface area contributed by atoms with Gasteiger partial charge in [0.05, 0.1) is 18.3 Å². The van der Waals surface area contributed by atoms with E-state index in [2.05, 4.69) is 15.6 Å². The van der Waals surface area contributed by atoms with Gasteiger partial charge >= 0.3 is 6.18 Å². The molecule has 6 nitrogen and oxygen atoms in total. The molecule has 2 fully saturated rings. The van der Waals surface area contributed by atoms with Crippen molar-refractivity contribution in [1.29, 1.82) is 0 Å². The van der Waals surface area contributed by atoms with E-state index in [1.165, 1.54) is 12.1 Å². The Labute approximate surface area is 181 Å². The summed E-state index contributed by atoms with van der Waals surface area (Å²) >= 11 is 0. The monoisotopic (exact) mass is 443 g/mol. The Balaban J connectivity index is 1.55. The zero-order chi connectivity index (χ0) is 22.2. The largest absolute Gasteiger partial charge is 0.416 e. The SMILES string of the molecule is CN=C(NCCCOC1CCOC1)NCC1(c2cccc(C(F)(F)F)c2)CCOCC1. The van der Waals surface area contributed by atoms with Crippen molar-refractivity contribution in [1.82, 2.24) is 10.6 Å². The van der Waals surface area contributed by atoms with E-state index in [4.69, 9.17) is 14.2 Å². The van der Waals surface area contributed by atoms with Gasteiger partial charge in [0.15, 0.2) is 5.96 Å². The van der Waals surface area contributed by atoms with Gasteiger partial charge in [-0.1, -0.05) is 18.2 Å². The first-order valence-electron chi connectivity index (χ1n) is 10.8. The Kier molecular flexibility index (Phi) is 8.57. The third-order valence-electron chi connectivity index (χ3n) is 5.93. The minimum absolute atomic E-state index is 0.193. The third-order valence-corrected chi connectivity index (χ3v) is 5.93. The fraction of sp³-hybridized carbons (Fsp3) is 0.682. The Morgan fingerprint density at radius 2 is 2.00 bits per heavy atom. The van der Waals surface area contributed by atoms with E-state index in [0.29, 0.717) is 63.9 Å². The van der Waals surface area contributed by atoms with Crippen LogP contribution in [0.15, 0.2) is 29.3 Å². The van der Waals surface area contributed by atoms with Crippen molar-refractivity contribution >= 4 is 5.96 Å². The molecule has 0 bridgehead atoms. The van der Waals surface area contributed by atoms with Gasteiger partial charge in [0.1, 0.15) is 0 Å². The van der Waals surface area contributed by atoms with E-state index in [1.807, 2.05) is 0 Å². The summed E-state index contributed by atoms with van der Waals surface area (Å²) in [5, 5.41) is 6.57. The van der Waals surface area contributed by atoms with Crippen LogP contribution in [-0.4, -0.2) is 65.2 Å². The maximum absolute atomic E-state index is 13.2. The molecular formula is C22H32F3N3O3. The van der Waals surface area contributed by atoms with Gasteiger partial charge in [0, 0.05) is 52.0 Å². The van der Waals surface area contributed by atoms with Crippen molar-refractivity contribution in [2.45, 2.75) is 43.4 Å². The lowest BCUT2D eigenvalue weighted by Crippen LogP contribution is -2.48. The molecular weight excluding hydrogens is 411 g/mol. The van der Waals surface area contributed by atoms with Crippen molar-refractivity contribution in [2.24, 2.45) is 4.99 Å². The Morgan fingerprint density at radius 3 is 2.68 bits per heavy atom. The number of hydrogen-bond acceptors (Lipinski definition) is 4. The molecule has 1 atom stereocenters. The van der Waals surface area contributed by atoms with Crippen LogP contribution in [0.2, 0.25) is 0 Å². The molecule has 3 rings (SSSR count). The van der Waals surface area contributed by atoms with Gasteiger partial charge in [-0.05, 0) is 37.3 Å². The van der Waals surface area contributed by atoms with Gasteiger partial charge in [-0.3, -0.25) is 4.99 Å². The fourth-order valence-electron chi connectivity index (χ4n) is 4.00. The first-order valence-corrected chi connectivity index (χ1v) is 10.8. The molecule has 2 saturated heterocycles. The van der Waals surface area contributed by atoms with Crippen LogP contribution in [0.5, 0.6) is 0 Å². The summed E-state index contributed by atoms with van der Waals surface area (Å²) in [7, 11) is 1.68. The molecule has 0 spiro atoms. The van der Waals surface area contributed by atoms with Gasteiger partial charge < -0.3 is 24.8 Å². The third kappa shape index (κ3) is 6.82. The summed E-state index contributed by atoms with van der Waals surface area (Å²) in [4.78, 5) is 4.25. The molecule has 9 heteroatoms. The fourth-order valence-corrected chi connectivity index (χ4v) is 4.00. The molecule has 2 aliphatic rings. The number of aliphatic imine (C=N–C) groups is 1. The predicted octanol–water partition coefficient (Wildman–Crippen LogP) is 3.11. The molecule has 1 unspecified atom stereocenters. The van der Waals surface area contributed by atoms with Crippen LogP contribution in [0, 0.1) is 0 Å². The standard InChI is InChI=1S/C22H32F3N3O3/c1-26-20(27-9-3-10-31-19-6-11-30-15-19)28-16-21(7-12-29-13-8-21)17-4-2-5-18(14-17)22(23,24)25/h2,4-5,14,19H,3,6-13,15-16H2,1H3,(H2,26,27,28). The van der Waals surface area contributed by atoms with Gasteiger partial charge in [0.25, 0.3) is 0 Å². The van der Waals surface area contributed by atoms with Crippen molar-refractivity contribution in [3.8, 4) is 0 Å². The van der Waals surface area contributed by atoms with Crippen molar-refractivity contribution in [3.63, 3.8) is 0 Å². The number of nitrogens with one attached hydrogen (secondary N) is 2. The number of ether oxygens (including phenoxy) is 3. The van der Waals surface area contributed by atoms with Gasteiger partial charge in [-0.15, -0.1) is 0 Å². The van der Waals surface area contributed by atoms with E-state index in [0.717, 1.165) is 25.5 Å². The van der Waals surface area contributed by atoms with Gasteiger partial charge in [0.2, 0.25) is 0 Å². The zero-order valence-electron chi connectivity index (χ0n) is 18.0. The molecule has 2 aliphatic heterocycles. The molecule has 31 heavy (non-hydrogen) atoms. The normalized spacial score (nSPS) is 21.8. The van der Waals surface area contributed by atoms with Crippen LogP contribution >= 0.6 is 0 Å². The molecule has 2 N–H and O–H groups in total. The average molecular weight is 444 g/mol. The number of guanidine groups is 1. The smallest absolute Gasteiger partial charge is 0.381 e.